The van der Waals surface area contributed by atoms with Crippen molar-refractivity contribution in [3.05, 3.63) is 35.4 Å². The van der Waals surface area contributed by atoms with E-state index in [1.807, 2.05) is 30.4 Å². The molecule has 0 spiro atoms. The number of nitrogens with one attached hydrogen (secondary N) is 1. The number of hydrogen-bond donors (Lipinski definition) is 2. The number of fused-ring (bicyclic) bond motifs is 1. The molecule has 0 heterocycles. The van der Waals surface area contributed by atoms with E-state index < -0.39 is 10.1 Å². The van der Waals surface area contributed by atoms with Crippen LogP contribution in [0, 0.1) is 0 Å². The van der Waals surface area contributed by atoms with E-state index in [1.54, 1.807) is 7.11 Å². The minimum absolute atomic E-state index is 0.0616. The zero-order valence-corrected chi connectivity index (χ0v) is 11.5. The molecule has 0 bridgehead atoms. The molecule has 2 rings (SSSR count). The summed E-state index contributed by atoms with van der Waals surface area (Å²) >= 11 is 0. The van der Waals surface area contributed by atoms with Crippen molar-refractivity contribution >= 4 is 16.2 Å². The van der Waals surface area contributed by atoms with Gasteiger partial charge in [-0.3, -0.25) is 4.55 Å². The van der Waals surface area contributed by atoms with Crippen LogP contribution < -0.4 is 10.1 Å². The molecule has 0 aliphatic heterocycles. The second kappa shape index (κ2) is 5.73. The van der Waals surface area contributed by atoms with Crippen LogP contribution in [0.5, 0.6) is 5.75 Å². The number of benzene rings is 1. The Kier molecular flexibility index (Phi) is 4.24. The molecule has 1 aromatic carbocycles. The monoisotopic (exact) mass is 283 g/mol. The highest BCUT2D eigenvalue weighted by Crippen LogP contribution is 2.31. The van der Waals surface area contributed by atoms with Gasteiger partial charge in [0.15, 0.2) is 0 Å². The van der Waals surface area contributed by atoms with Gasteiger partial charge in [-0.1, -0.05) is 18.2 Å². The maximum atomic E-state index is 10.6. The molecule has 19 heavy (non-hydrogen) atoms. The van der Waals surface area contributed by atoms with E-state index in [-0.39, 0.29) is 11.8 Å². The van der Waals surface area contributed by atoms with E-state index in [0.717, 1.165) is 16.9 Å². The highest BCUT2D eigenvalue weighted by Gasteiger charge is 2.17. The molecule has 0 aromatic heterocycles. The molecule has 0 fully saturated rings. The molecule has 0 radical (unpaired) electrons. The molecule has 104 valence electrons. The molecule has 1 aliphatic carbocycles. The molecule has 0 saturated carbocycles. The summed E-state index contributed by atoms with van der Waals surface area (Å²) in [5.41, 5.74) is 2.25. The summed E-state index contributed by atoms with van der Waals surface area (Å²) in [7, 11) is -2.25. The molecule has 1 aliphatic rings. The van der Waals surface area contributed by atoms with E-state index >= 15 is 0 Å². The van der Waals surface area contributed by atoms with Crippen LogP contribution in [0.15, 0.2) is 24.3 Å². The Bertz CT molecular complexity index is 580. The fourth-order valence-electron chi connectivity index (χ4n) is 2.09. The van der Waals surface area contributed by atoms with Crippen molar-refractivity contribution in [2.45, 2.75) is 12.5 Å². The van der Waals surface area contributed by atoms with Crippen LogP contribution in [0.25, 0.3) is 6.08 Å². The van der Waals surface area contributed by atoms with Crippen LogP contribution in [0.4, 0.5) is 0 Å². The molecular formula is C13H17NO4S. The van der Waals surface area contributed by atoms with Crippen molar-refractivity contribution < 1.29 is 17.7 Å². The lowest BCUT2D eigenvalue weighted by Crippen LogP contribution is -2.22. The summed E-state index contributed by atoms with van der Waals surface area (Å²) in [6, 6.07) is 5.93. The van der Waals surface area contributed by atoms with Gasteiger partial charge in [0.25, 0.3) is 10.1 Å². The lowest BCUT2D eigenvalue weighted by atomic mass is 10.1. The zero-order valence-electron chi connectivity index (χ0n) is 10.7. The molecular weight excluding hydrogens is 266 g/mol. The Hall–Kier alpha value is -1.37. The zero-order chi connectivity index (χ0) is 13.9. The summed E-state index contributed by atoms with van der Waals surface area (Å²) in [4.78, 5) is 0. The van der Waals surface area contributed by atoms with Gasteiger partial charge < -0.3 is 10.1 Å². The first-order valence-corrected chi connectivity index (χ1v) is 7.65. The van der Waals surface area contributed by atoms with Gasteiger partial charge in [-0.2, -0.15) is 8.42 Å². The number of rotatable bonds is 6. The lowest BCUT2D eigenvalue weighted by molar-refractivity contribution is 0.413. The van der Waals surface area contributed by atoms with Crippen LogP contribution in [-0.2, 0) is 10.1 Å². The van der Waals surface area contributed by atoms with Gasteiger partial charge in [-0.25, -0.2) is 0 Å². The van der Waals surface area contributed by atoms with Gasteiger partial charge in [0.05, 0.1) is 18.9 Å². The summed E-state index contributed by atoms with van der Waals surface area (Å²) in [5.74, 6) is 0.577. The molecule has 0 saturated heterocycles. The molecule has 1 unspecified atom stereocenters. The maximum Gasteiger partial charge on any atom is 0.264 e. The summed E-state index contributed by atoms with van der Waals surface area (Å²) in [5, 5.41) is 3.24. The highest BCUT2D eigenvalue weighted by molar-refractivity contribution is 7.85. The Morgan fingerprint density at radius 1 is 1.42 bits per heavy atom. The van der Waals surface area contributed by atoms with Crippen molar-refractivity contribution in [2.75, 3.05) is 19.4 Å². The van der Waals surface area contributed by atoms with E-state index in [4.69, 9.17) is 9.29 Å². The van der Waals surface area contributed by atoms with Crippen LogP contribution in [0.3, 0.4) is 0 Å². The largest absolute Gasteiger partial charge is 0.497 e. The third-order valence-electron chi connectivity index (χ3n) is 3.04. The number of methoxy groups -OCH3 is 1. The van der Waals surface area contributed by atoms with Gasteiger partial charge in [0, 0.05) is 0 Å². The first-order valence-electron chi connectivity index (χ1n) is 6.04. The van der Waals surface area contributed by atoms with Crippen LogP contribution in [0.1, 0.15) is 23.6 Å². The molecule has 1 aromatic rings. The third kappa shape index (κ3) is 3.79. The minimum Gasteiger partial charge on any atom is -0.497 e. The lowest BCUT2D eigenvalue weighted by Gasteiger charge is -2.14. The quantitative estimate of drug-likeness (QED) is 0.613. The molecule has 0 amide bonds. The van der Waals surface area contributed by atoms with Crippen molar-refractivity contribution in [2.24, 2.45) is 0 Å². The van der Waals surface area contributed by atoms with Crippen molar-refractivity contribution in [1.82, 2.24) is 5.32 Å². The third-order valence-corrected chi connectivity index (χ3v) is 3.85. The topological polar surface area (TPSA) is 75.6 Å². The summed E-state index contributed by atoms with van der Waals surface area (Å²) in [6.45, 7) is 0.519. The Morgan fingerprint density at radius 3 is 2.89 bits per heavy atom. The maximum absolute atomic E-state index is 10.6. The predicted molar refractivity (Wildman–Crippen MR) is 73.8 cm³/mol. The molecule has 2 N–H and O–H groups in total. The number of hydrogen-bond acceptors (Lipinski definition) is 4. The van der Waals surface area contributed by atoms with Crippen LogP contribution >= 0.6 is 0 Å². The van der Waals surface area contributed by atoms with E-state index in [9.17, 15) is 8.42 Å². The van der Waals surface area contributed by atoms with Crippen molar-refractivity contribution in [3.8, 4) is 5.75 Å². The van der Waals surface area contributed by atoms with E-state index in [0.29, 0.717) is 13.0 Å². The average Bonchev–Trinajstić information content (AvgIpc) is 2.76. The first-order chi connectivity index (χ1) is 8.99. The van der Waals surface area contributed by atoms with Gasteiger partial charge in [-0.15, -0.1) is 0 Å². The van der Waals surface area contributed by atoms with E-state index in [1.165, 1.54) is 0 Å². The normalized spacial score (nSPS) is 17.5. The highest BCUT2D eigenvalue weighted by atomic mass is 32.2. The molecule has 6 heteroatoms. The Balaban J connectivity index is 1.93. The fraction of sp³-hybridized carbons (Fsp3) is 0.385. The van der Waals surface area contributed by atoms with Crippen molar-refractivity contribution in [1.29, 1.82) is 0 Å². The molecule has 1 atom stereocenters. The summed E-state index contributed by atoms with van der Waals surface area (Å²) < 4.78 is 35.1. The van der Waals surface area contributed by atoms with Crippen LogP contribution in [0.2, 0.25) is 0 Å². The van der Waals surface area contributed by atoms with E-state index in [2.05, 4.69) is 5.32 Å². The first kappa shape index (κ1) is 14.0. The second-order valence-electron chi connectivity index (χ2n) is 4.43. The van der Waals surface area contributed by atoms with Gasteiger partial charge in [-0.05, 0) is 36.2 Å². The second-order valence-corrected chi connectivity index (χ2v) is 6.00. The van der Waals surface area contributed by atoms with Crippen molar-refractivity contribution in [3.63, 3.8) is 0 Å². The predicted octanol–water partition coefficient (Wildman–Crippen LogP) is 1.63. The van der Waals surface area contributed by atoms with Crippen LogP contribution in [-0.4, -0.2) is 32.4 Å². The van der Waals surface area contributed by atoms with Gasteiger partial charge in [0.1, 0.15) is 5.75 Å². The SMILES string of the molecule is COc1ccc2c(c1)C(NCCCS(=O)(=O)O)C=C2. The molecule has 5 nitrogen and oxygen atoms in total. The van der Waals surface area contributed by atoms with Gasteiger partial charge >= 0.3 is 0 Å². The number of ether oxygens (including phenoxy) is 1. The standard InChI is InChI=1S/C13H17NO4S/c1-18-11-5-3-10-4-6-13(12(10)9-11)14-7-2-8-19(15,16)17/h3-6,9,13-14H,2,7-8H2,1H3,(H,15,16,17). The minimum atomic E-state index is -3.87. The summed E-state index contributed by atoms with van der Waals surface area (Å²) in [6.07, 6.45) is 4.43. The Labute approximate surface area is 113 Å². The van der Waals surface area contributed by atoms with Gasteiger partial charge in [0.2, 0.25) is 0 Å². The fourth-order valence-corrected chi connectivity index (χ4v) is 2.60. The Morgan fingerprint density at radius 2 is 2.21 bits per heavy atom. The smallest absolute Gasteiger partial charge is 0.264 e. The average molecular weight is 283 g/mol.